The molecule has 0 saturated heterocycles. The monoisotopic (exact) mass is 589 g/mol. The number of carbonyl (C=O) groups is 3. The standard InChI is InChI=1S/C30H30F3NO6S/c1-21(35)41-20-24(11-8-22-6-4-3-5-7-22)29(37)34(18-28(36)38-2)25-12-16-26(17-13-25)39-19-23-9-14-27(15-10-23)40-30(31,32)33/h3-7,9-10,12-17,24H,8,11,18-20H2,1-2H3/t24-/m0/s1. The van der Waals surface area contributed by atoms with Gasteiger partial charge in [-0.1, -0.05) is 54.2 Å². The summed E-state index contributed by atoms with van der Waals surface area (Å²) in [6.45, 7) is 1.22. The smallest absolute Gasteiger partial charge is 0.489 e. The van der Waals surface area contributed by atoms with Crippen LogP contribution >= 0.6 is 11.8 Å². The number of hydrogen-bond acceptors (Lipinski definition) is 7. The first-order valence-corrected chi connectivity index (χ1v) is 13.7. The van der Waals surface area contributed by atoms with Gasteiger partial charge in [0.1, 0.15) is 24.7 Å². The Kier molecular flexibility index (Phi) is 11.6. The van der Waals surface area contributed by atoms with Crippen LogP contribution in [0.4, 0.5) is 18.9 Å². The molecule has 3 aromatic rings. The van der Waals surface area contributed by atoms with Gasteiger partial charge in [0.25, 0.3) is 0 Å². The second kappa shape index (κ2) is 15.1. The highest BCUT2D eigenvalue weighted by atomic mass is 32.2. The Bertz CT molecular complexity index is 1280. The molecule has 0 spiro atoms. The summed E-state index contributed by atoms with van der Waals surface area (Å²) in [5, 5.41) is -0.106. The van der Waals surface area contributed by atoms with Crippen molar-refractivity contribution in [3.8, 4) is 11.5 Å². The molecule has 0 bridgehead atoms. The predicted octanol–water partition coefficient (Wildman–Crippen LogP) is 6.20. The van der Waals surface area contributed by atoms with Crippen LogP contribution in [0.5, 0.6) is 11.5 Å². The Hall–Kier alpha value is -3.99. The number of ether oxygens (including phenoxy) is 3. The van der Waals surface area contributed by atoms with Gasteiger partial charge >= 0.3 is 12.3 Å². The molecule has 0 fully saturated rings. The largest absolute Gasteiger partial charge is 0.573 e. The molecule has 0 radical (unpaired) electrons. The van der Waals surface area contributed by atoms with Crippen LogP contribution in [0.3, 0.4) is 0 Å². The van der Waals surface area contributed by atoms with E-state index in [1.54, 1.807) is 24.3 Å². The summed E-state index contributed by atoms with van der Waals surface area (Å²) in [6, 6.07) is 21.5. The average molecular weight is 590 g/mol. The van der Waals surface area contributed by atoms with Gasteiger partial charge in [-0.15, -0.1) is 13.2 Å². The van der Waals surface area contributed by atoms with Crippen molar-refractivity contribution in [2.24, 2.45) is 5.92 Å². The number of amides is 1. The zero-order valence-corrected chi connectivity index (χ0v) is 23.4. The quantitative estimate of drug-likeness (QED) is 0.220. The molecule has 0 aliphatic rings. The summed E-state index contributed by atoms with van der Waals surface area (Å²) < 4.78 is 51.5. The third-order valence-corrected chi connectivity index (χ3v) is 6.93. The van der Waals surface area contributed by atoms with Gasteiger partial charge in [-0.2, -0.15) is 0 Å². The number of carbonyl (C=O) groups excluding carboxylic acids is 3. The van der Waals surface area contributed by atoms with E-state index >= 15 is 0 Å². The minimum Gasteiger partial charge on any atom is -0.489 e. The number of rotatable bonds is 13. The Balaban J connectivity index is 1.72. The van der Waals surface area contributed by atoms with Gasteiger partial charge in [-0.3, -0.25) is 14.4 Å². The third kappa shape index (κ3) is 10.8. The van der Waals surface area contributed by atoms with Crippen molar-refractivity contribution in [2.75, 3.05) is 24.3 Å². The number of alkyl halides is 3. The highest BCUT2D eigenvalue weighted by Crippen LogP contribution is 2.26. The number of hydrogen-bond donors (Lipinski definition) is 0. The molecule has 11 heteroatoms. The summed E-state index contributed by atoms with van der Waals surface area (Å²) in [5.74, 6) is -1.05. The molecular weight excluding hydrogens is 559 g/mol. The number of esters is 1. The fourth-order valence-corrected chi connectivity index (χ4v) is 4.61. The molecule has 3 rings (SSSR count). The molecule has 1 amide bonds. The van der Waals surface area contributed by atoms with Crippen LogP contribution in [0.1, 0.15) is 24.5 Å². The first-order valence-electron chi connectivity index (χ1n) is 12.7. The van der Waals surface area contributed by atoms with Crippen molar-refractivity contribution in [2.45, 2.75) is 32.7 Å². The molecular formula is C30H30F3NO6S. The number of anilines is 1. The van der Waals surface area contributed by atoms with E-state index in [0.29, 0.717) is 29.8 Å². The van der Waals surface area contributed by atoms with Gasteiger partial charge in [0, 0.05) is 24.3 Å². The van der Waals surface area contributed by atoms with Crippen molar-refractivity contribution in [3.05, 3.63) is 90.0 Å². The molecule has 41 heavy (non-hydrogen) atoms. The lowest BCUT2D eigenvalue weighted by molar-refractivity contribution is -0.274. The lowest BCUT2D eigenvalue weighted by Crippen LogP contribution is -2.41. The molecule has 218 valence electrons. The Morgan fingerprint density at radius 2 is 1.51 bits per heavy atom. The van der Waals surface area contributed by atoms with Gasteiger partial charge in [-0.25, -0.2) is 0 Å². The van der Waals surface area contributed by atoms with E-state index in [4.69, 9.17) is 9.47 Å². The van der Waals surface area contributed by atoms with Gasteiger partial charge in [0.2, 0.25) is 5.91 Å². The maximum Gasteiger partial charge on any atom is 0.573 e. The van der Waals surface area contributed by atoms with Crippen LogP contribution in [-0.2, 0) is 32.1 Å². The van der Waals surface area contributed by atoms with E-state index in [-0.39, 0.29) is 35.7 Å². The van der Waals surface area contributed by atoms with E-state index < -0.39 is 18.2 Å². The molecule has 0 aromatic heterocycles. The van der Waals surface area contributed by atoms with Crippen molar-refractivity contribution in [3.63, 3.8) is 0 Å². The van der Waals surface area contributed by atoms with Crippen molar-refractivity contribution in [1.29, 1.82) is 0 Å². The number of benzene rings is 3. The minimum atomic E-state index is -4.77. The van der Waals surface area contributed by atoms with E-state index in [1.165, 1.54) is 43.2 Å². The molecule has 0 saturated carbocycles. The number of halogens is 3. The van der Waals surface area contributed by atoms with E-state index in [0.717, 1.165) is 17.3 Å². The van der Waals surface area contributed by atoms with Crippen LogP contribution in [0.2, 0.25) is 0 Å². The lowest BCUT2D eigenvalue weighted by atomic mass is 9.99. The molecule has 0 unspecified atom stereocenters. The van der Waals surface area contributed by atoms with Gasteiger partial charge in [0.05, 0.1) is 7.11 Å². The molecule has 3 aromatic carbocycles. The fourth-order valence-electron chi connectivity index (χ4n) is 3.87. The summed E-state index contributed by atoms with van der Waals surface area (Å²) >= 11 is 1.06. The maximum absolute atomic E-state index is 13.7. The number of aryl methyl sites for hydroxylation is 1. The summed E-state index contributed by atoms with van der Waals surface area (Å²) in [6.07, 6.45) is -3.66. The topological polar surface area (TPSA) is 82.1 Å². The highest BCUT2D eigenvalue weighted by Gasteiger charge is 2.31. The van der Waals surface area contributed by atoms with Crippen LogP contribution in [0, 0.1) is 5.92 Å². The predicted molar refractivity (Wildman–Crippen MR) is 150 cm³/mol. The zero-order chi connectivity index (χ0) is 29.8. The van der Waals surface area contributed by atoms with E-state index in [9.17, 15) is 27.6 Å². The number of nitrogens with zero attached hydrogens (tertiary/aromatic N) is 1. The molecule has 0 N–H and O–H groups in total. The summed E-state index contributed by atoms with van der Waals surface area (Å²) in [4.78, 5) is 39.0. The van der Waals surface area contributed by atoms with Crippen LogP contribution < -0.4 is 14.4 Å². The maximum atomic E-state index is 13.7. The van der Waals surface area contributed by atoms with Gasteiger partial charge < -0.3 is 19.1 Å². The molecule has 1 atom stereocenters. The van der Waals surface area contributed by atoms with Crippen molar-refractivity contribution < 1.29 is 41.8 Å². The van der Waals surface area contributed by atoms with Crippen LogP contribution in [-0.4, -0.2) is 42.8 Å². The van der Waals surface area contributed by atoms with Crippen LogP contribution in [0.25, 0.3) is 0 Å². The second-order valence-electron chi connectivity index (χ2n) is 9.00. The normalized spacial score (nSPS) is 11.8. The summed E-state index contributed by atoms with van der Waals surface area (Å²) in [5.41, 5.74) is 2.12. The average Bonchev–Trinajstić information content (AvgIpc) is 2.95. The van der Waals surface area contributed by atoms with Crippen LogP contribution in [0.15, 0.2) is 78.9 Å². The molecule has 0 aliphatic carbocycles. The Morgan fingerprint density at radius 1 is 0.878 bits per heavy atom. The zero-order valence-electron chi connectivity index (χ0n) is 22.6. The SMILES string of the molecule is COC(=O)CN(C(=O)[C@@H](CCc1ccccc1)CSC(C)=O)c1ccc(OCc2ccc(OC(F)(F)F)cc2)cc1. The highest BCUT2D eigenvalue weighted by molar-refractivity contribution is 8.13. The molecule has 0 heterocycles. The van der Waals surface area contributed by atoms with E-state index in [1.807, 2.05) is 30.3 Å². The van der Waals surface area contributed by atoms with Crippen molar-refractivity contribution in [1.82, 2.24) is 0 Å². The first-order chi connectivity index (χ1) is 19.5. The minimum absolute atomic E-state index is 0.0836. The lowest BCUT2D eigenvalue weighted by Gasteiger charge is -2.27. The van der Waals surface area contributed by atoms with E-state index in [2.05, 4.69) is 4.74 Å². The third-order valence-electron chi connectivity index (χ3n) is 5.95. The first kappa shape index (κ1) is 31.5. The molecule has 0 aliphatic heterocycles. The summed E-state index contributed by atoms with van der Waals surface area (Å²) in [7, 11) is 1.24. The Morgan fingerprint density at radius 3 is 2.10 bits per heavy atom. The fraction of sp³-hybridized carbons (Fsp3) is 0.300. The Labute approximate surface area is 240 Å². The van der Waals surface area contributed by atoms with Crippen molar-refractivity contribution >= 4 is 34.4 Å². The van der Waals surface area contributed by atoms with Gasteiger partial charge in [-0.05, 0) is 60.4 Å². The van der Waals surface area contributed by atoms with Gasteiger partial charge in [0.15, 0.2) is 5.12 Å². The second-order valence-corrected chi connectivity index (χ2v) is 10.2. The number of methoxy groups -OCH3 is 1. The number of thioether (sulfide) groups is 1. The molecule has 7 nitrogen and oxygen atoms in total.